The Morgan fingerprint density at radius 2 is 1.31 bits per heavy atom. The van der Waals surface area contributed by atoms with Gasteiger partial charge in [-0.25, -0.2) is 9.59 Å². The number of esters is 1. The first-order valence-electron chi connectivity index (χ1n) is 17.1. The summed E-state index contributed by atoms with van der Waals surface area (Å²) >= 11 is 2.50. The lowest BCUT2D eigenvalue weighted by atomic mass is 9.94. The predicted molar refractivity (Wildman–Crippen MR) is 190 cm³/mol. The number of hydrogen-bond donors (Lipinski definition) is 0. The van der Waals surface area contributed by atoms with Crippen molar-refractivity contribution in [3.05, 3.63) is 108 Å². The number of amides is 1. The molecule has 0 bridgehead atoms. The first-order valence-corrected chi connectivity index (χ1v) is 17.9. The van der Waals surface area contributed by atoms with Gasteiger partial charge in [-0.15, -0.1) is 0 Å². The van der Waals surface area contributed by atoms with Crippen molar-refractivity contribution < 1.29 is 51.5 Å². The van der Waals surface area contributed by atoms with Gasteiger partial charge in [0, 0.05) is 0 Å². The van der Waals surface area contributed by atoms with E-state index < -0.39 is 64.8 Å². The minimum absolute atomic E-state index is 0.0213. The van der Waals surface area contributed by atoms with Gasteiger partial charge < -0.3 is 33.2 Å². The van der Waals surface area contributed by atoms with Crippen LogP contribution in [0, 0.1) is 0 Å². The monoisotopic (exact) mass is 789 g/mol. The number of nitrogens with zero attached hydrogens (tertiary/aromatic N) is 1. The van der Waals surface area contributed by atoms with E-state index in [4.69, 9.17) is 33.2 Å². The van der Waals surface area contributed by atoms with Crippen LogP contribution in [-0.2, 0) is 57.8 Å². The fourth-order valence-electron chi connectivity index (χ4n) is 6.08. The molecule has 0 unspecified atom stereocenters. The summed E-state index contributed by atoms with van der Waals surface area (Å²) < 4.78 is 73.6. The van der Waals surface area contributed by atoms with Gasteiger partial charge in [-0.3, -0.25) is 4.90 Å². The summed E-state index contributed by atoms with van der Waals surface area (Å²) in [6, 6.07) is 26.5. The molecule has 0 radical (unpaired) electrons. The largest absolute Gasteiger partial charge is 0.455 e. The zero-order chi connectivity index (χ0) is 37.5. The fraction of sp³-hybridized carbons (Fsp3) is 0.487. The summed E-state index contributed by atoms with van der Waals surface area (Å²) in [5.41, 5.74) is 0.291. The van der Waals surface area contributed by atoms with Crippen LogP contribution in [0.4, 0.5) is 13.6 Å². The van der Waals surface area contributed by atoms with Crippen LogP contribution in [0.15, 0.2) is 91.0 Å². The predicted octanol–water partition coefficient (Wildman–Crippen LogP) is 7.41. The number of hydrogen-bond acceptors (Lipinski definition) is 9. The van der Waals surface area contributed by atoms with E-state index in [1.807, 2.05) is 91.0 Å². The summed E-state index contributed by atoms with van der Waals surface area (Å²) in [5.74, 6) is -0.999. The van der Waals surface area contributed by atoms with E-state index in [2.05, 4.69) is 15.9 Å². The summed E-state index contributed by atoms with van der Waals surface area (Å²) in [5, 5.41) is 0. The van der Waals surface area contributed by atoms with Crippen molar-refractivity contribution in [3.63, 3.8) is 0 Å². The molecule has 0 saturated carbocycles. The van der Waals surface area contributed by atoms with Gasteiger partial charge in [-0.05, 0) is 67.2 Å². The van der Waals surface area contributed by atoms with Crippen molar-refractivity contribution >= 4 is 28.0 Å². The van der Waals surface area contributed by atoms with Gasteiger partial charge in [0.2, 0.25) is 0 Å². The summed E-state index contributed by atoms with van der Waals surface area (Å²) in [6.07, 6.45) is -8.02. The average molecular weight is 791 g/mol. The molecular weight excluding hydrogens is 744 g/mol. The first kappa shape index (κ1) is 39.7. The fourth-order valence-corrected chi connectivity index (χ4v) is 6.45. The second-order valence-electron chi connectivity index (χ2n) is 14.2. The molecule has 0 spiro atoms. The van der Waals surface area contributed by atoms with Crippen molar-refractivity contribution in [1.82, 2.24) is 4.90 Å². The molecule has 2 heterocycles. The molecule has 13 heteroatoms. The minimum atomic E-state index is -3.70. The summed E-state index contributed by atoms with van der Waals surface area (Å²) in [6.45, 7) is 8.11. The van der Waals surface area contributed by atoms with Crippen LogP contribution in [0.25, 0.3) is 0 Å². The van der Waals surface area contributed by atoms with Crippen LogP contribution in [0.1, 0.15) is 51.3 Å². The van der Waals surface area contributed by atoms with Gasteiger partial charge in [-0.1, -0.05) is 91.0 Å². The quantitative estimate of drug-likeness (QED) is 0.129. The number of ether oxygens (including phenoxy) is 7. The average Bonchev–Trinajstić information content (AvgIpc) is 3.42. The van der Waals surface area contributed by atoms with E-state index in [1.165, 1.54) is 0 Å². The van der Waals surface area contributed by atoms with Gasteiger partial charge in [0.15, 0.2) is 18.2 Å². The molecule has 2 aliphatic rings. The maximum Gasteiger partial charge on any atom is 0.413 e. The molecule has 3 aromatic rings. The Morgan fingerprint density at radius 1 is 0.808 bits per heavy atom. The van der Waals surface area contributed by atoms with Crippen LogP contribution < -0.4 is 0 Å². The van der Waals surface area contributed by atoms with Crippen LogP contribution in [0.2, 0.25) is 0 Å². The second kappa shape index (κ2) is 17.1. The van der Waals surface area contributed by atoms with Crippen molar-refractivity contribution in [2.75, 3.05) is 13.2 Å². The van der Waals surface area contributed by atoms with Crippen molar-refractivity contribution in [3.8, 4) is 0 Å². The number of benzene rings is 3. The molecule has 0 aromatic heterocycles. The van der Waals surface area contributed by atoms with Gasteiger partial charge in [0.1, 0.15) is 29.6 Å². The highest BCUT2D eigenvalue weighted by Crippen LogP contribution is 2.41. The van der Waals surface area contributed by atoms with E-state index >= 15 is 8.78 Å². The lowest BCUT2D eigenvalue weighted by Gasteiger charge is -2.47. The molecule has 5 rings (SSSR count). The maximum atomic E-state index is 15.6. The minimum Gasteiger partial charge on any atom is -0.455 e. The molecule has 0 N–H and O–H groups in total. The third kappa shape index (κ3) is 10.6. The number of halogens is 3. The zero-order valence-electron chi connectivity index (χ0n) is 29.9. The van der Waals surface area contributed by atoms with E-state index in [-0.39, 0.29) is 33.0 Å². The molecule has 2 saturated heterocycles. The Hall–Kier alpha value is -3.46. The second-order valence-corrected chi connectivity index (χ2v) is 15.2. The van der Waals surface area contributed by atoms with Crippen molar-refractivity contribution in [2.24, 2.45) is 0 Å². The zero-order valence-corrected chi connectivity index (χ0v) is 31.5. The van der Waals surface area contributed by atoms with Crippen molar-refractivity contribution in [2.45, 2.75) is 107 Å². The van der Waals surface area contributed by atoms with Crippen LogP contribution in [0.3, 0.4) is 0 Å². The van der Waals surface area contributed by atoms with Gasteiger partial charge >= 0.3 is 16.9 Å². The van der Waals surface area contributed by atoms with Crippen LogP contribution in [-0.4, -0.2) is 82.9 Å². The topological polar surface area (TPSA) is 102 Å². The number of carbonyl (C=O) groups excluding carboxylic acids is 2. The molecular formula is C39H46BrF2NO9. The molecule has 6 atom stereocenters. The van der Waals surface area contributed by atoms with Crippen molar-refractivity contribution in [1.29, 1.82) is 0 Å². The molecule has 0 aliphatic carbocycles. The maximum absolute atomic E-state index is 15.6. The molecule has 52 heavy (non-hydrogen) atoms. The van der Waals surface area contributed by atoms with Crippen LogP contribution >= 0.6 is 15.9 Å². The van der Waals surface area contributed by atoms with E-state index in [0.717, 1.165) is 21.6 Å². The number of carbonyl (C=O) groups is 2. The summed E-state index contributed by atoms with van der Waals surface area (Å²) in [7, 11) is 0. The van der Waals surface area contributed by atoms with Crippen LogP contribution in [0.5, 0.6) is 0 Å². The van der Waals surface area contributed by atoms with E-state index in [0.29, 0.717) is 0 Å². The van der Waals surface area contributed by atoms with Gasteiger partial charge in [0.05, 0.1) is 33.0 Å². The molecule has 10 nitrogen and oxygen atoms in total. The number of alkyl halides is 3. The third-order valence-corrected chi connectivity index (χ3v) is 8.97. The SMILES string of the molecule is CC(C)(C)OC(=O)N1[C@@H](C(=O)O[C@@H]2[C@@H](OCc3ccccc3)[C@@H](OCc3ccccc3)[C@@H](COCc3ccccc3)O[C@@H]2C(F)(F)Br)COC1(C)C. The highest BCUT2D eigenvalue weighted by Gasteiger charge is 2.59. The Balaban J connectivity index is 1.49. The molecule has 1 amide bonds. The van der Waals surface area contributed by atoms with E-state index in [9.17, 15) is 9.59 Å². The molecule has 2 fully saturated rings. The lowest BCUT2D eigenvalue weighted by molar-refractivity contribution is -0.288. The Bertz CT molecular complexity index is 1590. The highest BCUT2D eigenvalue weighted by molar-refractivity contribution is 9.10. The Labute approximate surface area is 311 Å². The van der Waals surface area contributed by atoms with Gasteiger partial charge in [-0.2, -0.15) is 8.78 Å². The normalized spacial score (nSPS) is 24.7. The van der Waals surface area contributed by atoms with E-state index in [1.54, 1.807) is 34.6 Å². The lowest BCUT2D eigenvalue weighted by Crippen LogP contribution is -2.65. The summed E-state index contributed by atoms with van der Waals surface area (Å²) in [4.78, 5) is 24.9. The molecule has 282 valence electrons. The standard InChI is InChI=1S/C39H46BrF2NO9/c1-37(2,3)52-36(45)43-29(24-49-38(43,4)5)35(44)51-33-32(48-23-28-19-13-8-14-20-28)31(47-22-27-17-11-7-12-18-27)30(50-34(33)39(40,41)42)25-46-21-26-15-9-6-10-16-26/h6-20,29-34H,21-25H2,1-5H3/t29-,30-,31+,32+,33-,34+/m1/s1. The third-order valence-electron chi connectivity index (χ3n) is 8.52. The molecule has 2 aliphatic heterocycles. The highest BCUT2D eigenvalue weighted by atomic mass is 79.9. The van der Waals surface area contributed by atoms with Gasteiger partial charge in [0.25, 0.3) is 0 Å². The Morgan fingerprint density at radius 3 is 1.81 bits per heavy atom. The molecule has 3 aromatic carbocycles. The smallest absolute Gasteiger partial charge is 0.413 e. The first-order chi connectivity index (χ1) is 24.6. The number of rotatable bonds is 13. The Kier molecular flexibility index (Phi) is 13.1.